The summed E-state index contributed by atoms with van der Waals surface area (Å²) in [5, 5.41) is 0. The van der Waals surface area contributed by atoms with Crippen molar-refractivity contribution < 1.29 is 0 Å². The molecule has 0 spiro atoms. The summed E-state index contributed by atoms with van der Waals surface area (Å²) in [7, 11) is 0. The first-order valence-electron chi connectivity index (χ1n) is 9.34. The van der Waals surface area contributed by atoms with E-state index in [9.17, 15) is 0 Å². The van der Waals surface area contributed by atoms with Gasteiger partial charge in [-0.1, -0.05) is 0 Å². The van der Waals surface area contributed by atoms with Gasteiger partial charge in [0.15, 0.2) is 0 Å². The maximum atomic E-state index is 2.48. The van der Waals surface area contributed by atoms with Crippen molar-refractivity contribution in [1.29, 1.82) is 0 Å². The minimum atomic E-state index is -2.14. The van der Waals surface area contributed by atoms with E-state index in [1.165, 1.54) is 51.4 Å². The minimum absolute atomic E-state index is 1.36. The Morgan fingerprint density at radius 1 is 0.619 bits per heavy atom. The predicted molar refractivity (Wildman–Crippen MR) is 100 cm³/mol. The molecule has 0 fully saturated rings. The number of benzene rings is 1. The Kier molecular flexibility index (Phi) is 10.5. The first kappa shape index (κ1) is 19.1. The molecule has 0 radical (unpaired) electrons. The second-order valence-electron chi connectivity index (χ2n) is 6.66. The Labute approximate surface area is 137 Å². The van der Waals surface area contributed by atoms with Crippen molar-refractivity contribution >= 4 is 22.0 Å². The van der Waals surface area contributed by atoms with E-state index in [1.54, 1.807) is 13.3 Å². The first-order chi connectivity index (χ1) is 10.3. The van der Waals surface area contributed by atoms with Gasteiger partial charge < -0.3 is 0 Å². The predicted octanol–water partition coefficient (Wildman–Crippen LogP) is 6.52. The van der Waals surface area contributed by atoms with Crippen LogP contribution in [0.5, 0.6) is 0 Å². The van der Waals surface area contributed by atoms with Gasteiger partial charge in [-0.2, -0.15) is 0 Å². The van der Waals surface area contributed by atoms with Crippen LogP contribution < -0.4 is 3.58 Å². The van der Waals surface area contributed by atoms with Crippen molar-refractivity contribution in [1.82, 2.24) is 0 Å². The molecular formula is C20H36Sn. The topological polar surface area (TPSA) is 0 Å². The number of hydrogen-bond donors (Lipinski definition) is 0. The molecule has 0 aromatic heterocycles. The second kappa shape index (κ2) is 11.6. The van der Waals surface area contributed by atoms with Crippen LogP contribution in [0.3, 0.4) is 0 Å². The Morgan fingerprint density at radius 3 is 1.57 bits per heavy atom. The molecule has 0 N–H and O–H groups in total. The van der Waals surface area contributed by atoms with Crippen molar-refractivity contribution in [2.45, 2.75) is 85.4 Å². The van der Waals surface area contributed by atoms with Gasteiger partial charge in [-0.3, -0.25) is 0 Å². The molecule has 1 rings (SSSR count). The fourth-order valence-electron chi connectivity index (χ4n) is 3.54. The molecule has 1 heteroatoms. The molecule has 0 saturated carbocycles. The Bertz CT molecular complexity index is 334. The third kappa shape index (κ3) is 6.76. The molecule has 0 atom stereocenters. The number of hydrogen-bond acceptors (Lipinski definition) is 0. The molecule has 0 amide bonds. The average Bonchev–Trinajstić information content (AvgIpc) is 2.53. The summed E-state index contributed by atoms with van der Waals surface area (Å²) in [6.07, 6.45) is 11.4. The molecule has 0 aliphatic carbocycles. The van der Waals surface area contributed by atoms with E-state index in [2.05, 4.69) is 51.1 Å². The summed E-state index contributed by atoms with van der Waals surface area (Å²) in [6.45, 7) is 7.03. The molecule has 1 aromatic carbocycles. The van der Waals surface area contributed by atoms with Crippen LogP contribution >= 0.6 is 0 Å². The summed E-state index contributed by atoms with van der Waals surface area (Å²) in [5.74, 6) is 0. The third-order valence-electron chi connectivity index (χ3n) is 4.91. The summed E-state index contributed by atoms with van der Waals surface area (Å²) >= 11 is -2.14. The fraction of sp³-hybridized carbons (Fsp3) is 0.700. The van der Waals surface area contributed by atoms with E-state index in [-0.39, 0.29) is 0 Å². The van der Waals surface area contributed by atoms with Gasteiger partial charge in [0, 0.05) is 0 Å². The van der Waals surface area contributed by atoms with Crippen LogP contribution in [-0.2, 0) is 0 Å². The van der Waals surface area contributed by atoms with Gasteiger partial charge >= 0.3 is 138 Å². The summed E-state index contributed by atoms with van der Waals surface area (Å²) in [4.78, 5) is 0. The molecule has 0 heterocycles. The van der Waals surface area contributed by atoms with Crippen LogP contribution in [0, 0.1) is 0 Å². The van der Waals surface area contributed by atoms with Gasteiger partial charge in [-0.05, 0) is 0 Å². The van der Waals surface area contributed by atoms with Gasteiger partial charge in [0.05, 0.1) is 0 Å². The molecule has 0 nitrogen and oxygen atoms in total. The maximum absolute atomic E-state index is 2.48. The summed E-state index contributed by atoms with van der Waals surface area (Å²) < 4.78 is 6.59. The zero-order valence-electron chi connectivity index (χ0n) is 14.7. The van der Waals surface area contributed by atoms with Gasteiger partial charge in [0.1, 0.15) is 0 Å². The second-order valence-corrected chi connectivity index (χ2v) is 19.9. The quantitative estimate of drug-likeness (QED) is 0.279. The monoisotopic (exact) mass is 396 g/mol. The Morgan fingerprint density at radius 2 is 1.10 bits per heavy atom. The zero-order valence-corrected chi connectivity index (χ0v) is 17.5. The SMILES string of the molecule is CCCC[CH2][Sn]([CH2]CCC)([CH2]CCCC)[c]1ccccc1. The molecule has 0 aliphatic rings. The van der Waals surface area contributed by atoms with E-state index >= 15 is 0 Å². The van der Waals surface area contributed by atoms with Crippen molar-refractivity contribution in [3.63, 3.8) is 0 Å². The van der Waals surface area contributed by atoms with E-state index in [1.807, 2.05) is 3.58 Å². The standard InChI is InChI=1S/C6H5.2C5H11.C4H9.Sn/c1-2-4-6-5-3-1;2*1-3-5-4-2;1-3-4-2;/h1-5H;2*1,3-5H2,2H3;1,3-4H2,2H3;. The van der Waals surface area contributed by atoms with Crippen molar-refractivity contribution in [3.8, 4) is 0 Å². The van der Waals surface area contributed by atoms with Crippen molar-refractivity contribution in [2.75, 3.05) is 0 Å². The fourth-order valence-corrected chi connectivity index (χ4v) is 19.0. The zero-order chi connectivity index (χ0) is 15.4. The summed E-state index contributed by atoms with van der Waals surface area (Å²) in [6, 6.07) is 11.7. The van der Waals surface area contributed by atoms with Gasteiger partial charge in [-0.25, -0.2) is 0 Å². The molecule has 0 bridgehead atoms. The van der Waals surface area contributed by atoms with Crippen LogP contribution in [-0.4, -0.2) is 18.4 Å². The van der Waals surface area contributed by atoms with E-state index in [4.69, 9.17) is 0 Å². The Hall–Kier alpha value is 0.0187. The van der Waals surface area contributed by atoms with Gasteiger partial charge in [0.2, 0.25) is 0 Å². The normalized spacial score (nSPS) is 11.8. The van der Waals surface area contributed by atoms with E-state index < -0.39 is 18.4 Å². The van der Waals surface area contributed by atoms with E-state index in [0.29, 0.717) is 0 Å². The first-order valence-corrected chi connectivity index (χ1v) is 16.8. The van der Waals surface area contributed by atoms with Crippen LogP contribution in [0.15, 0.2) is 30.3 Å². The van der Waals surface area contributed by atoms with Crippen LogP contribution in [0.2, 0.25) is 13.3 Å². The van der Waals surface area contributed by atoms with Crippen LogP contribution in [0.4, 0.5) is 0 Å². The van der Waals surface area contributed by atoms with Gasteiger partial charge in [0.25, 0.3) is 0 Å². The molecule has 1 aromatic rings. The molecule has 0 unspecified atom stereocenters. The number of rotatable bonds is 12. The molecule has 0 saturated heterocycles. The third-order valence-corrected chi connectivity index (χ3v) is 20.6. The Balaban J connectivity index is 2.89. The molecule has 120 valence electrons. The average molecular weight is 395 g/mol. The molecular weight excluding hydrogens is 359 g/mol. The van der Waals surface area contributed by atoms with Crippen LogP contribution in [0.25, 0.3) is 0 Å². The van der Waals surface area contributed by atoms with Crippen molar-refractivity contribution in [3.05, 3.63) is 30.3 Å². The molecule has 0 aliphatic heterocycles. The molecule has 21 heavy (non-hydrogen) atoms. The number of unbranched alkanes of at least 4 members (excludes halogenated alkanes) is 5. The van der Waals surface area contributed by atoms with Crippen molar-refractivity contribution in [2.24, 2.45) is 0 Å². The summed E-state index contributed by atoms with van der Waals surface area (Å²) in [5.41, 5.74) is 0. The van der Waals surface area contributed by atoms with Crippen LogP contribution in [0.1, 0.15) is 72.1 Å². The van der Waals surface area contributed by atoms with Gasteiger partial charge in [-0.15, -0.1) is 0 Å². The van der Waals surface area contributed by atoms with E-state index in [0.717, 1.165) is 0 Å².